The van der Waals surface area contributed by atoms with E-state index in [1.165, 1.54) is 16.9 Å². The van der Waals surface area contributed by atoms with Gasteiger partial charge in [-0.15, -0.1) is 5.10 Å². The van der Waals surface area contributed by atoms with Gasteiger partial charge in [0.25, 0.3) is 0 Å². The van der Waals surface area contributed by atoms with Crippen molar-refractivity contribution in [2.45, 2.75) is 30.6 Å². The quantitative estimate of drug-likeness (QED) is 0.717. The van der Waals surface area contributed by atoms with Gasteiger partial charge in [-0.05, 0) is 24.3 Å². The molecule has 4 rings (SSSR count). The fourth-order valence-corrected chi connectivity index (χ4v) is 4.00. The molecule has 3 aromatic rings. The molecule has 1 saturated heterocycles. The molecule has 6 heteroatoms. The third kappa shape index (κ3) is 3.40. The normalized spacial score (nSPS) is 20.0. The Labute approximate surface area is 157 Å². The highest BCUT2D eigenvalue weighted by atomic mass is 35.5. The molecule has 25 heavy (non-hydrogen) atoms. The second-order valence-corrected chi connectivity index (χ2v) is 7.22. The largest absolute Gasteiger partial charge is 0.740 e. The van der Waals surface area contributed by atoms with E-state index in [1.54, 1.807) is 0 Å². The highest BCUT2D eigenvalue weighted by Crippen LogP contribution is 2.23. The Morgan fingerprint density at radius 2 is 1.84 bits per heavy atom. The summed E-state index contributed by atoms with van der Waals surface area (Å²) in [7, 11) is 0. The number of nitrogens with zero attached hydrogens (tertiary/aromatic N) is 3. The zero-order chi connectivity index (χ0) is 17.2. The Bertz CT molecular complexity index is 848. The molecule has 1 aliphatic rings. The van der Waals surface area contributed by atoms with Crippen LogP contribution in [-0.4, -0.2) is 21.3 Å². The zero-order valence-electron chi connectivity index (χ0n) is 13.7. The molecule has 4 nitrogen and oxygen atoms in total. The number of aromatic nitrogens is 3. The maximum absolute atomic E-state index is 6.02. The molecule has 0 spiro atoms. The SMILES string of the molecule is [S-]c1nnc([C@@H]2CCC[NH+]2Cc2ccccc2)n1-c1ccc(Cl)cc1. The molecule has 0 aliphatic carbocycles. The lowest BCUT2D eigenvalue weighted by atomic mass is 10.1. The standard InChI is InChI=1S/C19H19ClN4S/c20-15-8-10-16(11-9-15)24-18(21-22-19(24)25)17-7-4-12-23(17)13-14-5-2-1-3-6-14/h1-3,5-6,8-11,17H,4,7,12-13H2,(H,22,25)/t17-/m0/s1. The summed E-state index contributed by atoms with van der Waals surface area (Å²) < 4.78 is 1.99. The van der Waals surface area contributed by atoms with Crippen molar-refractivity contribution in [2.75, 3.05) is 6.54 Å². The lowest BCUT2D eigenvalue weighted by molar-refractivity contribution is -0.932. The molecule has 128 valence electrons. The number of hydrogen-bond donors (Lipinski definition) is 1. The van der Waals surface area contributed by atoms with Crippen LogP contribution in [0.4, 0.5) is 0 Å². The predicted octanol–water partition coefficient (Wildman–Crippen LogP) is 2.75. The van der Waals surface area contributed by atoms with Crippen LogP contribution < -0.4 is 4.90 Å². The first-order valence-corrected chi connectivity index (χ1v) is 9.28. The molecule has 2 heterocycles. The summed E-state index contributed by atoms with van der Waals surface area (Å²) in [5.41, 5.74) is 2.32. The van der Waals surface area contributed by atoms with Gasteiger partial charge in [0, 0.05) is 34.3 Å². The van der Waals surface area contributed by atoms with E-state index in [-0.39, 0.29) is 0 Å². The molecule has 1 aliphatic heterocycles. The van der Waals surface area contributed by atoms with Gasteiger partial charge >= 0.3 is 0 Å². The van der Waals surface area contributed by atoms with Crippen LogP contribution in [0.3, 0.4) is 0 Å². The summed E-state index contributed by atoms with van der Waals surface area (Å²) in [6.45, 7) is 2.13. The first-order chi connectivity index (χ1) is 12.2. The maximum Gasteiger partial charge on any atom is 0.194 e. The molecular formula is C19H19ClN4S. The maximum atomic E-state index is 6.02. The van der Waals surface area contributed by atoms with Crippen LogP contribution in [0.2, 0.25) is 5.02 Å². The number of benzene rings is 2. The van der Waals surface area contributed by atoms with E-state index in [0.717, 1.165) is 31.0 Å². The molecule has 2 aromatic carbocycles. The van der Waals surface area contributed by atoms with E-state index >= 15 is 0 Å². The Hall–Kier alpha value is -1.95. The average Bonchev–Trinajstić information content (AvgIpc) is 3.23. The van der Waals surface area contributed by atoms with E-state index in [4.69, 9.17) is 24.2 Å². The molecule has 0 amide bonds. The van der Waals surface area contributed by atoms with Gasteiger partial charge in [-0.25, -0.2) is 0 Å². The Morgan fingerprint density at radius 1 is 1.08 bits per heavy atom. The summed E-state index contributed by atoms with van der Waals surface area (Å²) in [5.74, 6) is 0.954. The predicted molar refractivity (Wildman–Crippen MR) is 100.0 cm³/mol. The summed E-state index contributed by atoms with van der Waals surface area (Å²) in [4.78, 5) is 1.52. The monoisotopic (exact) mass is 370 g/mol. The van der Waals surface area contributed by atoms with Crippen molar-refractivity contribution in [3.8, 4) is 5.69 Å². The molecule has 0 saturated carbocycles. The molecule has 0 bridgehead atoms. The Morgan fingerprint density at radius 3 is 2.60 bits per heavy atom. The third-order valence-corrected chi connectivity index (χ3v) is 5.33. The van der Waals surface area contributed by atoms with Gasteiger partial charge in [0.1, 0.15) is 12.6 Å². The van der Waals surface area contributed by atoms with Crippen molar-refractivity contribution in [2.24, 2.45) is 0 Å². The minimum absolute atomic E-state index is 0.306. The van der Waals surface area contributed by atoms with Crippen molar-refractivity contribution in [3.05, 3.63) is 71.0 Å². The molecule has 1 aromatic heterocycles. The number of nitrogens with one attached hydrogen (secondary N) is 1. The number of quaternary nitrogens is 1. The van der Waals surface area contributed by atoms with Gasteiger partial charge in [-0.3, -0.25) is 4.57 Å². The molecular weight excluding hydrogens is 352 g/mol. The third-order valence-electron chi connectivity index (χ3n) is 4.81. The van der Waals surface area contributed by atoms with Crippen LogP contribution >= 0.6 is 11.6 Å². The van der Waals surface area contributed by atoms with Crippen LogP contribution in [0.25, 0.3) is 5.69 Å². The van der Waals surface area contributed by atoms with Crippen molar-refractivity contribution >= 4 is 24.2 Å². The van der Waals surface area contributed by atoms with Gasteiger partial charge in [0.15, 0.2) is 5.82 Å². The first-order valence-electron chi connectivity index (χ1n) is 8.49. The van der Waals surface area contributed by atoms with Crippen molar-refractivity contribution < 1.29 is 4.90 Å². The molecule has 1 fully saturated rings. The number of rotatable bonds is 4. The van der Waals surface area contributed by atoms with Crippen LogP contribution in [-0.2, 0) is 19.2 Å². The Balaban J connectivity index is 1.66. The van der Waals surface area contributed by atoms with E-state index in [2.05, 4.69) is 40.5 Å². The van der Waals surface area contributed by atoms with E-state index in [1.807, 2.05) is 28.8 Å². The lowest BCUT2D eigenvalue weighted by Crippen LogP contribution is -3.09. The molecule has 1 N–H and O–H groups in total. The van der Waals surface area contributed by atoms with Gasteiger partial charge in [-0.2, -0.15) is 5.10 Å². The van der Waals surface area contributed by atoms with E-state index < -0.39 is 0 Å². The van der Waals surface area contributed by atoms with Crippen LogP contribution in [0.1, 0.15) is 30.3 Å². The summed E-state index contributed by atoms with van der Waals surface area (Å²) >= 11 is 11.5. The fraction of sp³-hybridized carbons (Fsp3) is 0.263. The molecule has 0 radical (unpaired) electrons. The highest BCUT2D eigenvalue weighted by molar-refractivity contribution is 7.58. The zero-order valence-corrected chi connectivity index (χ0v) is 15.3. The van der Waals surface area contributed by atoms with Crippen molar-refractivity contribution in [1.82, 2.24) is 14.8 Å². The first kappa shape index (κ1) is 16.5. The number of likely N-dealkylation sites (tertiary alicyclic amines) is 1. The summed E-state index contributed by atoms with van der Waals surface area (Å²) in [5, 5.41) is 9.84. The lowest BCUT2D eigenvalue weighted by Gasteiger charge is -2.23. The topological polar surface area (TPSA) is 35.2 Å². The van der Waals surface area contributed by atoms with E-state index in [9.17, 15) is 0 Å². The second kappa shape index (κ2) is 7.12. The molecule has 1 unspecified atom stereocenters. The van der Waals surface area contributed by atoms with E-state index in [0.29, 0.717) is 16.2 Å². The Kier molecular flexibility index (Phi) is 4.70. The van der Waals surface area contributed by atoms with Crippen molar-refractivity contribution in [1.29, 1.82) is 0 Å². The van der Waals surface area contributed by atoms with Gasteiger partial charge in [0.05, 0.1) is 6.54 Å². The highest BCUT2D eigenvalue weighted by Gasteiger charge is 2.34. The summed E-state index contributed by atoms with van der Waals surface area (Å²) in [6.07, 6.45) is 2.29. The average molecular weight is 371 g/mol. The smallest absolute Gasteiger partial charge is 0.194 e. The van der Waals surface area contributed by atoms with Crippen LogP contribution in [0, 0.1) is 0 Å². The fourth-order valence-electron chi connectivity index (χ4n) is 3.63. The van der Waals surface area contributed by atoms with Crippen LogP contribution in [0.5, 0.6) is 0 Å². The second-order valence-electron chi connectivity index (χ2n) is 6.42. The number of hydrogen-bond acceptors (Lipinski definition) is 3. The van der Waals surface area contributed by atoms with Gasteiger partial charge in [0.2, 0.25) is 0 Å². The van der Waals surface area contributed by atoms with Gasteiger partial charge < -0.3 is 17.5 Å². The van der Waals surface area contributed by atoms with Crippen LogP contribution in [0.15, 0.2) is 59.8 Å². The minimum Gasteiger partial charge on any atom is -0.740 e. The minimum atomic E-state index is 0.306. The summed E-state index contributed by atoms with van der Waals surface area (Å²) in [6, 6.07) is 18.6. The molecule has 2 atom stereocenters. The number of halogens is 1. The van der Waals surface area contributed by atoms with Crippen molar-refractivity contribution in [3.63, 3.8) is 0 Å². The van der Waals surface area contributed by atoms with Gasteiger partial charge in [-0.1, -0.05) is 41.9 Å².